The van der Waals surface area contributed by atoms with E-state index in [9.17, 15) is 28.1 Å². The number of carbonyl (C=O) groups excluding carboxylic acids is 1. The molecule has 1 heterocycles. The van der Waals surface area contributed by atoms with Crippen LogP contribution >= 0.6 is 7.82 Å². The highest BCUT2D eigenvalue weighted by molar-refractivity contribution is 7.44. The predicted molar refractivity (Wildman–Crippen MR) is 117 cm³/mol. The fraction of sp³-hybridized carbons (Fsp3) is 0.217. The lowest BCUT2D eigenvalue weighted by molar-refractivity contribution is -0.716. The number of halogens is 2. The third-order valence-electron chi connectivity index (χ3n) is 5.04. The number of nitrogens with one attached hydrogen (secondary N) is 1. The molecule has 1 atom stereocenters. The number of ether oxygens (including phenoxy) is 1. The molecule has 12 heteroatoms. The zero-order valence-corrected chi connectivity index (χ0v) is 19.5. The molecule has 0 spiro atoms. The highest BCUT2D eigenvalue weighted by Gasteiger charge is 2.22. The van der Waals surface area contributed by atoms with Crippen molar-refractivity contribution >= 4 is 13.7 Å². The average molecular weight is 508 g/mol. The maximum absolute atomic E-state index is 14.5. The van der Waals surface area contributed by atoms with Crippen LogP contribution in [0.3, 0.4) is 0 Å². The number of nitrogens with zero attached hydrogens (tertiary/aromatic N) is 1. The van der Waals surface area contributed by atoms with Crippen molar-refractivity contribution in [1.82, 2.24) is 5.32 Å². The summed E-state index contributed by atoms with van der Waals surface area (Å²) in [6.45, 7) is -1.04. The molecule has 1 aromatic heterocycles. The number of aliphatic hydroxyl groups is 1. The Morgan fingerprint density at radius 1 is 1.14 bits per heavy atom. The molecule has 3 aromatic rings. The summed E-state index contributed by atoms with van der Waals surface area (Å²) in [5.74, 6) is -2.09. The molecule has 186 valence electrons. The SMILES string of the molecule is COCc1ccc(CNC(=O)c2cc(-c3c(CO)ccc[n+]3COP(=O)([O-])O)ccc2F)cc1F. The van der Waals surface area contributed by atoms with Crippen LogP contribution in [0.5, 0.6) is 0 Å². The minimum atomic E-state index is -5.04. The molecule has 0 saturated heterocycles. The van der Waals surface area contributed by atoms with Gasteiger partial charge in [-0.15, -0.1) is 0 Å². The molecule has 0 aliphatic rings. The van der Waals surface area contributed by atoms with E-state index in [4.69, 9.17) is 9.63 Å². The van der Waals surface area contributed by atoms with E-state index in [1.807, 2.05) is 0 Å². The number of aromatic nitrogens is 1. The Bertz CT molecular complexity index is 1270. The Hall–Kier alpha value is -3.05. The zero-order chi connectivity index (χ0) is 25.6. The van der Waals surface area contributed by atoms with Crippen LogP contribution in [-0.2, 0) is 40.3 Å². The Kier molecular flexibility index (Phi) is 8.79. The number of phosphoric acid groups is 1. The van der Waals surface area contributed by atoms with Gasteiger partial charge in [0.1, 0.15) is 11.6 Å². The summed E-state index contributed by atoms with van der Waals surface area (Å²) in [5, 5.41) is 12.3. The first kappa shape index (κ1) is 26.6. The van der Waals surface area contributed by atoms with Crippen molar-refractivity contribution in [3.63, 3.8) is 0 Å². The first-order valence-corrected chi connectivity index (χ1v) is 11.8. The lowest BCUT2D eigenvalue weighted by atomic mass is 10.0. The molecule has 3 N–H and O–H groups in total. The Morgan fingerprint density at radius 2 is 1.91 bits per heavy atom. The van der Waals surface area contributed by atoms with Crippen LogP contribution in [-0.4, -0.2) is 23.0 Å². The van der Waals surface area contributed by atoms with Crippen molar-refractivity contribution in [1.29, 1.82) is 0 Å². The summed E-state index contributed by atoms with van der Waals surface area (Å²) in [6.07, 6.45) is 1.43. The molecule has 0 aliphatic carbocycles. The molecule has 0 saturated carbocycles. The van der Waals surface area contributed by atoms with Crippen LogP contribution in [0.4, 0.5) is 8.78 Å². The monoisotopic (exact) mass is 508 g/mol. The summed E-state index contributed by atoms with van der Waals surface area (Å²) in [6, 6.07) is 11.1. The van der Waals surface area contributed by atoms with Crippen molar-refractivity contribution in [3.8, 4) is 11.3 Å². The van der Waals surface area contributed by atoms with Gasteiger partial charge in [-0.1, -0.05) is 12.1 Å². The van der Waals surface area contributed by atoms with Crippen LogP contribution in [0.15, 0.2) is 54.7 Å². The molecule has 0 bridgehead atoms. The quantitative estimate of drug-likeness (QED) is 0.282. The number of phosphoric ester groups is 1. The second kappa shape index (κ2) is 11.6. The molecule has 1 unspecified atom stereocenters. The lowest BCUT2D eigenvalue weighted by Gasteiger charge is -2.15. The van der Waals surface area contributed by atoms with E-state index in [-0.39, 0.29) is 30.0 Å². The number of methoxy groups -OCH3 is 1. The maximum atomic E-state index is 14.5. The minimum absolute atomic E-state index is 0.0664. The normalized spacial score (nSPS) is 12.9. The minimum Gasteiger partial charge on any atom is -0.756 e. The summed E-state index contributed by atoms with van der Waals surface area (Å²) in [7, 11) is -3.60. The standard InChI is InChI=1S/C23H23F2N2O7P/c1-33-13-18-5-4-15(9-21(18)25)11-26-23(29)19-10-16(6-7-20(19)24)22-17(12-28)3-2-8-27(22)14-34-35(30,31)32/h2-10,28H,11-14H2,1H3,(H2-,26,29,30,31,32). The van der Waals surface area contributed by atoms with E-state index in [0.717, 1.165) is 6.07 Å². The third kappa shape index (κ3) is 6.98. The topological polar surface area (TPSA) is 132 Å². The number of pyridine rings is 1. The number of benzene rings is 2. The Balaban J connectivity index is 1.87. The number of carbonyl (C=O) groups is 1. The van der Waals surface area contributed by atoms with Gasteiger partial charge in [-0.2, -0.15) is 4.57 Å². The van der Waals surface area contributed by atoms with Gasteiger partial charge in [-0.05, 0) is 35.9 Å². The zero-order valence-electron chi connectivity index (χ0n) is 18.6. The number of hydrogen-bond acceptors (Lipinski definition) is 6. The van der Waals surface area contributed by atoms with Gasteiger partial charge in [-0.3, -0.25) is 13.9 Å². The van der Waals surface area contributed by atoms with Crippen LogP contribution < -0.4 is 14.8 Å². The van der Waals surface area contributed by atoms with Gasteiger partial charge >= 0.3 is 0 Å². The lowest BCUT2D eigenvalue weighted by Crippen LogP contribution is -2.38. The summed E-state index contributed by atoms with van der Waals surface area (Å²) in [5.41, 5.74) is 1.34. The summed E-state index contributed by atoms with van der Waals surface area (Å²) >= 11 is 0. The van der Waals surface area contributed by atoms with Crippen molar-refractivity contribution < 1.29 is 46.9 Å². The second-order valence-electron chi connectivity index (χ2n) is 7.47. The Morgan fingerprint density at radius 3 is 2.57 bits per heavy atom. The number of hydrogen-bond donors (Lipinski definition) is 3. The van der Waals surface area contributed by atoms with Gasteiger partial charge in [0, 0.05) is 36.4 Å². The molecule has 1 amide bonds. The van der Waals surface area contributed by atoms with Gasteiger partial charge in [-0.25, -0.2) is 8.78 Å². The summed E-state index contributed by atoms with van der Waals surface area (Å²) in [4.78, 5) is 32.7. The van der Waals surface area contributed by atoms with Gasteiger partial charge in [0.05, 0.1) is 18.8 Å². The van der Waals surface area contributed by atoms with Crippen LogP contribution in [0, 0.1) is 11.6 Å². The first-order valence-electron chi connectivity index (χ1n) is 10.3. The van der Waals surface area contributed by atoms with E-state index in [0.29, 0.717) is 16.7 Å². The third-order valence-corrected chi connectivity index (χ3v) is 5.48. The number of rotatable bonds is 10. The number of amides is 1. The van der Waals surface area contributed by atoms with E-state index < -0.39 is 38.7 Å². The molecule has 9 nitrogen and oxygen atoms in total. The maximum Gasteiger partial charge on any atom is 0.270 e. The van der Waals surface area contributed by atoms with E-state index in [1.165, 1.54) is 48.2 Å². The first-order chi connectivity index (χ1) is 16.6. The van der Waals surface area contributed by atoms with Crippen LogP contribution in [0.2, 0.25) is 0 Å². The van der Waals surface area contributed by atoms with Crippen molar-refractivity contribution in [2.75, 3.05) is 7.11 Å². The molecular formula is C23H23F2N2O7P. The molecular weight excluding hydrogens is 485 g/mol. The van der Waals surface area contributed by atoms with E-state index in [1.54, 1.807) is 12.1 Å². The molecule has 2 aromatic carbocycles. The van der Waals surface area contributed by atoms with Crippen molar-refractivity contribution in [2.24, 2.45) is 0 Å². The van der Waals surface area contributed by atoms with Crippen LogP contribution in [0.25, 0.3) is 11.3 Å². The largest absolute Gasteiger partial charge is 0.756 e. The molecule has 3 rings (SSSR count). The average Bonchev–Trinajstić information content (AvgIpc) is 2.82. The number of aliphatic hydroxyl groups excluding tert-OH is 1. The highest BCUT2D eigenvalue weighted by Crippen LogP contribution is 2.30. The fourth-order valence-electron chi connectivity index (χ4n) is 3.42. The molecule has 0 fully saturated rings. The summed E-state index contributed by atoms with van der Waals surface area (Å²) < 4.78 is 50.3. The van der Waals surface area contributed by atoms with Gasteiger partial charge in [0.15, 0.2) is 6.20 Å². The second-order valence-corrected chi connectivity index (χ2v) is 8.67. The van der Waals surface area contributed by atoms with Gasteiger partial charge in [0.25, 0.3) is 20.5 Å². The smallest absolute Gasteiger partial charge is 0.270 e. The van der Waals surface area contributed by atoms with Crippen molar-refractivity contribution in [3.05, 3.63) is 88.6 Å². The Labute approximate surface area is 199 Å². The van der Waals surface area contributed by atoms with Crippen LogP contribution in [0.1, 0.15) is 27.0 Å². The van der Waals surface area contributed by atoms with Crippen molar-refractivity contribution in [2.45, 2.75) is 26.5 Å². The highest BCUT2D eigenvalue weighted by atomic mass is 31.2. The van der Waals surface area contributed by atoms with Gasteiger partial charge in [0.2, 0.25) is 5.69 Å². The van der Waals surface area contributed by atoms with E-state index in [2.05, 4.69) is 9.84 Å². The predicted octanol–water partition coefficient (Wildman–Crippen LogP) is 1.92. The molecule has 0 radical (unpaired) electrons. The van der Waals surface area contributed by atoms with Gasteiger partial charge < -0.3 is 24.9 Å². The van der Waals surface area contributed by atoms with E-state index >= 15 is 0 Å². The fourth-order valence-corrected chi connectivity index (χ4v) is 3.69. The molecule has 35 heavy (non-hydrogen) atoms. The molecule has 0 aliphatic heterocycles.